The SMILES string of the molecule is CC(C)C(=O)CN1CCN(CC(=O)O)CCN(CC(=O)O)CCN(CC(=O)O)CCN(CC(=O)O)CCN(CC(=O)O)CC1. The zero-order valence-electron chi connectivity index (χ0n) is 25.7. The van der Waals surface area contributed by atoms with E-state index in [1.165, 1.54) is 0 Å². The van der Waals surface area contributed by atoms with Crippen LogP contribution in [0.2, 0.25) is 0 Å². The average Bonchev–Trinajstić information content (AvgIpc) is 2.89. The second-order valence-corrected chi connectivity index (χ2v) is 11.2. The van der Waals surface area contributed by atoms with Gasteiger partial charge in [-0.25, -0.2) is 0 Å². The van der Waals surface area contributed by atoms with Gasteiger partial charge in [-0.05, 0) is 0 Å². The number of hydrogen-bond donors (Lipinski definition) is 5. The molecular weight excluding hydrogens is 584 g/mol. The number of nitrogens with zero attached hydrogens (tertiary/aromatic N) is 6. The second kappa shape index (κ2) is 20.7. The fourth-order valence-electron chi connectivity index (χ4n) is 4.68. The summed E-state index contributed by atoms with van der Waals surface area (Å²) in [6.45, 7) is 4.43. The van der Waals surface area contributed by atoms with E-state index in [1.807, 2.05) is 4.90 Å². The minimum atomic E-state index is -1.11. The van der Waals surface area contributed by atoms with Gasteiger partial charge in [0.05, 0.1) is 39.3 Å². The normalized spacial score (nSPS) is 19.2. The van der Waals surface area contributed by atoms with Crippen molar-refractivity contribution < 1.29 is 54.3 Å². The first-order chi connectivity index (χ1) is 20.6. The minimum absolute atomic E-state index is 0.0344. The van der Waals surface area contributed by atoms with Gasteiger partial charge < -0.3 is 25.5 Å². The van der Waals surface area contributed by atoms with Crippen LogP contribution in [-0.2, 0) is 28.8 Å². The van der Waals surface area contributed by atoms with Crippen LogP contribution < -0.4 is 0 Å². The summed E-state index contributed by atoms with van der Waals surface area (Å²) in [5.41, 5.74) is 0. The highest BCUT2D eigenvalue weighted by Gasteiger charge is 2.22. The third kappa shape index (κ3) is 18.4. The van der Waals surface area contributed by atoms with Crippen LogP contribution in [0, 0.1) is 5.92 Å². The molecule has 5 N–H and O–H groups in total. The number of Topliss-reactive ketones (excluding diaryl/α,β-unsaturated/α-hetero) is 1. The van der Waals surface area contributed by atoms with Gasteiger partial charge in [0.25, 0.3) is 0 Å². The van der Waals surface area contributed by atoms with E-state index in [2.05, 4.69) is 0 Å². The summed E-state index contributed by atoms with van der Waals surface area (Å²) in [4.78, 5) is 80.4. The number of aliphatic carboxylic acids is 5. The Bertz CT molecular complexity index is 911. The predicted molar refractivity (Wildman–Crippen MR) is 157 cm³/mol. The standard InChI is InChI=1S/C27H48N6O11/c1-21(2)22(34)15-28-3-5-29(16-23(35)36)7-9-31(18-25(39)40)11-13-33(20-27(43)44)14-12-32(19-26(41)42)10-8-30(6-4-28)17-24(37)38/h21H,3-20H2,1-2H3,(H,35,36)(H,37,38)(H,39,40)(H,41,42)(H,43,44). The monoisotopic (exact) mass is 632 g/mol. The molecule has 0 saturated carbocycles. The molecule has 17 heteroatoms. The Hall–Kier alpha value is -3.22. The summed E-state index contributed by atoms with van der Waals surface area (Å²) in [6.07, 6.45) is 0. The molecule has 0 radical (unpaired) electrons. The van der Waals surface area contributed by atoms with Crippen molar-refractivity contribution in [3.63, 3.8) is 0 Å². The van der Waals surface area contributed by atoms with Crippen molar-refractivity contribution in [2.24, 2.45) is 5.92 Å². The molecule has 17 nitrogen and oxygen atoms in total. The van der Waals surface area contributed by atoms with Crippen molar-refractivity contribution in [1.82, 2.24) is 29.4 Å². The van der Waals surface area contributed by atoms with Crippen molar-refractivity contribution >= 4 is 35.6 Å². The summed E-state index contributed by atoms with van der Waals surface area (Å²) < 4.78 is 0. The van der Waals surface area contributed by atoms with Crippen LogP contribution in [-0.4, -0.2) is 208 Å². The number of rotatable bonds is 13. The summed E-state index contributed by atoms with van der Waals surface area (Å²) in [7, 11) is 0. The van der Waals surface area contributed by atoms with E-state index in [-0.39, 0.29) is 116 Å². The van der Waals surface area contributed by atoms with Crippen molar-refractivity contribution in [1.29, 1.82) is 0 Å². The van der Waals surface area contributed by atoms with E-state index in [9.17, 15) is 54.3 Å². The number of hydrogen-bond acceptors (Lipinski definition) is 12. The molecule has 1 aliphatic heterocycles. The van der Waals surface area contributed by atoms with Crippen molar-refractivity contribution in [3.8, 4) is 0 Å². The Labute approximate surface area is 257 Å². The quantitative estimate of drug-likeness (QED) is 0.141. The Morgan fingerprint density at radius 2 is 0.545 bits per heavy atom. The molecule has 0 aromatic rings. The Kier molecular flexibility index (Phi) is 18.2. The highest BCUT2D eigenvalue weighted by Crippen LogP contribution is 2.04. The highest BCUT2D eigenvalue weighted by atomic mass is 16.4. The van der Waals surface area contributed by atoms with Gasteiger partial charge in [-0.3, -0.25) is 58.2 Å². The van der Waals surface area contributed by atoms with E-state index < -0.39 is 29.8 Å². The molecule has 44 heavy (non-hydrogen) atoms. The zero-order valence-corrected chi connectivity index (χ0v) is 25.7. The maximum atomic E-state index is 12.6. The van der Waals surface area contributed by atoms with Crippen LogP contribution in [0.1, 0.15) is 13.8 Å². The van der Waals surface area contributed by atoms with E-state index in [1.54, 1.807) is 38.3 Å². The Morgan fingerprint density at radius 3 is 0.682 bits per heavy atom. The topological polar surface area (TPSA) is 223 Å². The summed E-state index contributed by atoms with van der Waals surface area (Å²) >= 11 is 0. The largest absolute Gasteiger partial charge is 0.480 e. The van der Waals surface area contributed by atoms with Crippen LogP contribution >= 0.6 is 0 Å². The number of carbonyl (C=O) groups is 6. The molecule has 252 valence electrons. The third-order valence-electron chi connectivity index (χ3n) is 7.21. The molecule has 0 aromatic carbocycles. The van der Waals surface area contributed by atoms with E-state index in [0.717, 1.165) is 0 Å². The van der Waals surface area contributed by atoms with Crippen molar-refractivity contribution in [2.45, 2.75) is 13.8 Å². The molecule has 1 saturated heterocycles. The van der Waals surface area contributed by atoms with Gasteiger partial charge in [0.2, 0.25) is 0 Å². The lowest BCUT2D eigenvalue weighted by molar-refractivity contribution is -0.141. The molecule has 0 amide bonds. The predicted octanol–water partition coefficient (Wildman–Crippen LogP) is -2.54. The van der Waals surface area contributed by atoms with E-state index in [0.29, 0.717) is 13.1 Å². The van der Waals surface area contributed by atoms with Gasteiger partial charge in [0.1, 0.15) is 5.78 Å². The summed E-state index contributed by atoms with van der Waals surface area (Å²) in [6, 6.07) is 0. The Morgan fingerprint density at radius 1 is 0.386 bits per heavy atom. The smallest absolute Gasteiger partial charge is 0.317 e. The molecule has 1 aliphatic rings. The molecule has 0 aromatic heterocycles. The molecule has 1 rings (SSSR count). The number of carboxylic acid groups (broad SMARTS) is 5. The molecule has 1 heterocycles. The van der Waals surface area contributed by atoms with Gasteiger partial charge >= 0.3 is 29.8 Å². The first-order valence-corrected chi connectivity index (χ1v) is 14.6. The second-order valence-electron chi connectivity index (χ2n) is 11.2. The van der Waals surface area contributed by atoms with E-state index >= 15 is 0 Å². The lowest BCUT2D eigenvalue weighted by Gasteiger charge is -2.32. The van der Waals surface area contributed by atoms with Crippen LogP contribution in [0.25, 0.3) is 0 Å². The molecular formula is C27H48N6O11. The molecule has 0 bridgehead atoms. The van der Waals surface area contributed by atoms with Crippen molar-refractivity contribution in [2.75, 3.05) is 118 Å². The maximum absolute atomic E-state index is 12.6. The third-order valence-corrected chi connectivity index (χ3v) is 7.21. The van der Waals surface area contributed by atoms with Gasteiger partial charge in [0.15, 0.2) is 0 Å². The van der Waals surface area contributed by atoms with Crippen molar-refractivity contribution in [3.05, 3.63) is 0 Å². The number of carbonyl (C=O) groups excluding carboxylic acids is 1. The fourth-order valence-corrected chi connectivity index (χ4v) is 4.68. The minimum Gasteiger partial charge on any atom is -0.480 e. The van der Waals surface area contributed by atoms with Gasteiger partial charge in [-0.2, -0.15) is 0 Å². The molecule has 0 aliphatic carbocycles. The van der Waals surface area contributed by atoms with Crippen LogP contribution in [0.5, 0.6) is 0 Å². The molecule has 0 unspecified atom stereocenters. The van der Waals surface area contributed by atoms with Gasteiger partial charge in [-0.15, -0.1) is 0 Å². The van der Waals surface area contributed by atoms with Gasteiger partial charge in [-0.1, -0.05) is 13.8 Å². The number of ketones is 1. The summed E-state index contributed by atoms with van der Waals surface area (Å²) in [5.74, 6) is -5.74. The highest BCUT2D eigenvalue weighted by molar-refractivity contribution is 5.82. The Balaban J connectivity index is 3.33. The molecule has 0 spiro atoms. The number of carboxylic acids is 5. The lowest BCUT2D eigenvalue weighted by Crippen LogP contribution is -2.49. The first-order valence-electron chi connectivity index (χ1n) is 14.6. The van der Waals surface area contributed by atoms with E-state index in [4.69, 9.17) is 0 Å². The van der Waals surface area contributed by atoms with Crippen LogP contribution in [0.3, 0.4) is 0 Å². The fraction of sp³-hybridized carbons (Fsp3) is 0.778. The summed E-state index contributed by atoms with van der Waals surface area (Å²) in [5, 5.41) is 47.3. The molecule has 1 fully saturated rings. The lowest BCUT2D eigenvalue weighted by atomic mass is 10.1. The van der Waals surface area contributed by atoms with Crippen LogP contribution in [0.15, 0.2) is 0 Å². The average molecular weight is 633 g/mol. The van der Waals surface area contributed by atoms with Gasteiger partial charge in [0, 0.05) is 84.5 Å². The maximum Gasteiger partial charge on any atom is 0.317 e. The first kappa shape index (κ1) is 38.8. The molecule has 0 atom stereocenters. The van der Waals surface area contributed by atoms with Crippen LogP contribution in [0.4, 0.5) is 0 Å². The zero-order chi connectivity index (χ0) is 33.2.